The lowest BCUT2D eigenvalue weighted by Gasteiger charge is -2.09. The average Bonchev–Trinajstić information content (AvgIpc) is 2.28. The number of hydrogen-bond donors (Lipinski definition) is 2. The van der Waals surface area contributed by atoms with E-state index in [1.807, 2.05) is 0 Å². The van der Waals surface area contributed by atoms with E-state index in [9.17, 15) is 13.6 Å². The highest BCUT2D eigenvalue weighted by atomic mass is 35.5. The first-order chi connectivity index (χ1) is 8.49. The fraction of sp³-hybridized carbons (Fsp3) is 0. The summed E-state index contributed by atoms with van der Waals surface area (Å²) in [5, 5.41) is 2.00. The zero-order chi connectivity index (χ0) is 13.3. The summed E-state index contributed by atoms with van der Waals surface area (Å²) in [4.78, 5) is 17.2. The van der Waals surface area contributed by atoms with Gasteiger partial charge in [-0.1, -0.05) is 23.2 Å². The van der Waals surface area contributed by atoms with Crippen molar-refractivity contribution in [1.29, 1.82) is 0 Å². The zero-order valence-corrected chi connectivity index (χ0v) is 10.1. The molecule has 8 heteroatoms. The summed E-state index contributed by atoms with van der Waals surface area (Å²) in [6.45, 7) is 0. The molecule has 0 bridgehead atoms. The Bertz CT molecular complexity index is 637. The molecule has 0 amide bonds. The van der Waals surface area contributed by atoms with Crippen LogP contribution < -0.4 is 10.9 Å². The highest BCUT2D eigenvalue weighted by Crippen LogP contribution is 2.30. The Hall–Kier alpha value is -1.66. The topological polar surface area (TPSA) is 57.8 Å². The third-order valence-electron chi connectivity index (χ3n) is 2.05. The summed E-state index contributed by atoms with van der Waals surface area (Å²) >= 11 is 11.3. The maximum absolute atomic E-state index is 13.5. The molecule has 94 valence electrons. The summed E-state index contributed by atoms with van der Waals surface area (Å²) < 4.78 is 26.3. The van der Waals surface area contributed by atoms with Crippen molar-refractivity contribution < 1.29 is 8.78 Å². The van der Waals surface area contributed by atoms with E-state index in [-0.39, 0.29) is 21.6 Å². The van der Waals surface area contributed by atoms with Gasteiger partial charge in [-0.2, -0.15) is 0 Å². The van der Waals surface area contributed by atoms with Gasteiger partial charge in [-0.05, 0) is 6.07 Å². The summed E-state index contributed by atoms with van der Waals surface area (Å²) in [5.74, 6) is -1.81. The van der Waals surface area contributed by atoms with Gasteiger partial charge >= 0.3 is 0 Å². The zero-order valence-electron chi connectivity index (χ0n) is 8.60. The molecule has 0 unspecified atom stereocenters. The van der Waals surface area contributed by atoms with Gasteiger partial charge in [-0.15, -0.1) is 0 Å². The standard InChI is InChI=1S/C10H5Cl2F2N3O/c11-5-1-4(13)2-6(14)8(5)17-9-7(12)10(18)16-3-15-9/h1-3H,(H2,15,16,17,18). The van der Waals surface area contributed by atoms with Crippen molar-refractivity contribution in [2.45, 2.75) is 0 Å². The molecule has 1 aromatic carbocycles. The molecule has 0 saturated carbocycles. The second kappa shape index (κ2) is 4.91. The van der Waals surface area contributed by atoms with Crippen LogP contribution in [-0.4, -0.2) is 9.97 Å². The average molecular weight is 292 g/mol. The molecule has 1 aromatic heterocycles. The van der Waals surface area contributed by atoms with Crippen LogP contribution in [0.5, 0.6) is 0 Å². The molecule has 0 fully saturated rings. The van der Waals surface area contributed by atoms with Gasteiger partial charge in [0.1, 0.15) is 10.8 Å². The van der Waals surface area contributed by atoms with Crippen LogP contribution in [0.25, 0.3) is 0 Å². The maximum atomic E-state index is 13.5. The molecule has 0 radical (unpaired) electrons. The monoisotopic (exact) mass is 291 g/mol. The van der Waals surface area contributed by atoms with Gasteiger partial charge in [0.2, 0.25) is 0 Å². The van der Waals surface area contributed by atoms with E-state index in [2.05, 4.69) is 15.3 Å². The van der Waals surface area contributed by atoms with Crippen LogP contribution in [0, 0.1) is 11.6 Å². The lowest BCUT2D eigenvalue weighted by Crippen LogP contribution is -2.10. The number of nitrogens with zero attached hydrogens (tertiary/aromatic N) is 1. The third-order valence-corrected chi connectivity index (χ3v) is 2.70. The number of benzene rings is 1. The van der Waals surface area contributed by atoms with Crippen molar-refractivity contribution >= 4 is 34.7 Å². The van der Waals surface area contributed by atoms with Crippen LogP contribution in [-0.2, 0) is 0 Å². The van der Waals surface area contributed by atoms with Crippen molar-refractivity contribution in [2.75, 3.05) is 5.32 Å². The SMILES string of the molecule is O=c1[nH]cnc(Nc2c(F)cc(F)cc2Cl)c1Cl. The molecule has 0 aliphatic carbocycles. The predicted octanol–water partition coefficient (Wildman–Crippen LogP) is 3.10. The summed E-state index contributed by atoms with van der Waals surface area (Å²) in [5.41, 5.74) is -0.800. The van der Waals surface area contributed by atoms with Gasteiger partial charge < -0.3 is 10.3 Å². The normalized spacial score (nSPS) is 10.4. The number of rotatable bonds is 2. The molecule has 0 saturated heterocycles. The fourth-order valence-electron chi connectivity index (χ4n) is 1.25. The van der Waals surface area contributed by atoms with Gasteiger partial charge in [0, 0.05) is 6.07 Å². The Morgan fingerprint density at radius 2 is 2.00 bits per heavy atom. The van der Waals surface area contributed by atoms with Gasteiger partial charge in [-0.25, -0.2) is 13.8 Å². The van der Waals surface area contributed by atoms with E-state index in [0.717, 1.165) is 12.4 Å². The molecule has 4 nitrogen and oxygen atoms in total. The molecule has 0 atom stereocenters. The largest absolute Gasteiger partial charge is 0.335 e. The van der Waals surface area contributed by atoms with Crippen molar-refractivity contribution in [3.63, 3.8) is 0 Å². The Balaban J connectivity index is 2.47. The van der Waals surface area contributed by atoms with Crippen LogP contribution in [0.1, 0.15) is 0 Å². The van der Waals surface area contributed by atoms with E-state index < -0.39 is 17.2 Å². The Morgan fingerprint density at radius 3 is 2.67 bits per heavy atom. The lowest BCUT2D eigenvalue weighted by molar-refractivity contribution is 0.586. The van der Waals surface area contributed by atoms with Crippen LogP contribution in [0.4, 0.5) is 20.3 Å². The number of halogens is 4. The first-order valence-electron chi connectivity index (χ1n) is 4.64. The molecule has 2 aromatic rings. The minimum Gasteiger partial charge on any atom is -0.335 e. The van der Waals surface area contributed by atoms with Crippen LogP contribution in [0.3, 0.4) is 0 Å². The minimum atomic E-state index is -0.918. The number of hydrogen-bond acceptors (Lipinski definition) is 3. The van der Waals surface area contributed by atoms with Crippen molar-refractivity contribution in [3.8, 4) is 0 Å². The Labute approximate surface area is 110 Å². The molecule has 1 heterocycles. The summed E-state index contributed by atoms with van der Waals surface area (Å²) in [6.07, 6.45) is 1.09. The van der Waals surface area contributed by atoms with Crippen LogP contribution in [0.15, 0.2) is 23.3 Å². The number of nitrogens with one attached hydrogen (secondary N) is 2. The summed E-state index contributed by atoms with van der Waals surface area (Å²) in [6, 6.07) is 1.57. The van der Waals surface area contributed by atoms with E-state index in [4.69, 9.17) is 23.2 Å². The van der Waals surface area contributed by atoms with Crippen LogP contribution >= 0.6 is 23.2 Å². The van der Waals surface area contributed by atoms with Crippen molar-refractivity contribution in [2.24, 2.45) is 0 Å². The molecule has 0 aliphatic rings. The minimum absolute atomic E-state index is 0.0761. The van der Waals surface area contributed by atoms with E-state index in [1.54, 1.807) is 0 Å². The molecule has 0 aliphatic heterocycles. The molecular weight excluding hydrogens is 287 g/mol. The number of H-pyrrole nitrogens is 1. The van der Waals surface area contributed by atoms with Crippen molar-refractivity contribution in [3.05, 3.63) is 50.5 Å². The van der Waals surface area contributed by atoms with Crippen molar-refractivity contribution in [1.82, 2.24) is 9.97 Å². The summed E-state index contributed by atoms with van der Waals surface area (Å²) in [7, 11) is 0. The quantitative estimate of drug-likeness (QED) is 0.894. The second-order valence-electron chi connectivity index (χ2n) is 3.26. The number of aromatic amines is 1. The molecule has 2 rings (SSSR count). The van der Waals surface area contributed by atoms with Gasteiger partial charge in [0.25, 0.3) is 5.56 Å². The van der Waals surface area contributed by atoms with Gasteiger partial charge in [-0.3, -0.25) is 4.79 Å². The number of anilines is 2. The first-order valence-corrected chi connectivity index (χ1v) is 5.39. The number of aromatic nitrogens is 2. The lowest BCUT2D eigenvalue weighted by atomic mass is 10.3. The van der Waals surface area contributed by atoms with E-state index >= 15 is 0 Å². The van der Waals surface area contributed by atoms with Crippen LogP contribution in [0.2, 0.25) is 10.0 Å². The smallest absolute Gasteiger partial charge is 0.271 e. The molecule has 18 heavy (non-hydrogen) atoms. The highest BCUT2D eigenvalue weighted by molar-refractivity contribution is 6.34. The van der Waals surface area contributed by atoms with E-state index in [0.29, 0.717) is 6.07 Å². The second-order valence-corrected chi connectivity index (χ2v) is 4.05. The Morgan fingerprint density at radius 1 is 1.28 bits per heavy atom. The predicted molar refractivity (Wildman–Crippen MR) is 64.5 cm³/mol. The first kappa shape index (κ1) is 12.8. The van der Waals surface area contributed by atoms with Gasteiger partial charge in [0.15, 0.2) is 11.6 Å². The molecular formula is C10H5Cl2F2N3O. The Kier molecular flexibility index (Phi) is 3.49. The fourth-order valence-corrected chi connectivity index (χ4v) is 1.64. The third kappa shape index (κ3) is 2.44. The van der Waals surface area contributed by atoms with E-state index in [1.165, 1.54) is 0 Å². The molecule has 2 N–H and O–H groups in total. The van der Waals surface area contributed by atoms with Gasteiger partial charge in [0.05, 0.1) is 17.0 Å². The highest BCUT2D eigenvalue weighted by Gasteiger charge is 2.13. The maximum Gasteiger partial charge on any atom is 0.271 e. The molecule has 0 spiro atoms.